The van der Waals surface area contributed by atoms with Gasteiger partial charge in [-0.05, 0) is 44.6 Å². The van der Waals surface area contributed by atoms with Gasteiger partial charge in [-0.25, -0.2) is 4.98 Å². The number of anilines is 1. The minimum atomic E-state index is 0.124. The maximum absolute atomic E-state index is 13.6. The largest absolute Gasteiger partial charge is 0.354 e. The number of nitrogens with zero attached hydrogens (tertiary/aromatic N) is 5. The summed E-state index contributed by atoms with van der Waals surface area (Å²) in [4.78, 5) is 23.1. The predicted molar refractivity (Wildman–Crippen MR) is 120 cm³/mol. The second-order valence-electron chi connectivity index (χ2n) is 9.95. The van der Waals surface area contributed by atoms with Crippen molar-refractivity contribution in [3.8, 4) is 0 Å². The van der Waals surface area contributed by atoms with Crippen LogP contribution >= 0.6 is 0 Å². The van der Waals surface area contributed by atoms with Crippen LogP contribution in [0.25, 0.3) is 5.65 Å². The molecule has 2 aromatic heterocycles. The van der Waals surface area contributed by atoms with E-state index in [0.29, 0.717) is 11.9 Å². The van der Waals surface area contributed by atoms with E-state index in [0.717, 1.165) is 57.1 Å². The lowest BCUT2D eigenvalue weighted by Crippen LogP contribution is -2.58. The van der Waals surface area contributed by atoms with Crippen molar-refractivity contribution in [3.63, 3.8) is 0 Å². The molecular weight excluding hydrogens is 388 g/mol. The molecule has 1 aliphatic carbocycles. The van der Waals surface area contributed by atoms with Crippen molar-refractivity contribution in [3.05, 3.63) is 23.5 Å². The van der Waals surface area contributed by atoms with Crippen LogP contribution < -0.4 is 10.2 Å². The first-order valence-electron chi connectivity index (χ1n) is 12.4. The van der Waals surface area contributed by atoms with Gasteiger partial charge in [0.1, 0.15) is 5.82 Å². The van der Waals surface area contributed by atoms with Gasteiger partial charge in [0.05, 0.1) is 17.8 Å². The van der Waals surface area contributed by atoms with Crippen LogP contribution in [0.15, 0.2) is 12.3 Å². The van der Waals surface area contributed by atoms with Crippen LogP contribution in [0.4, 0.5) is 5.82 Å². The predicted octanol–water partition coefficient (Wildman–Crippen LogP) is 2.42. The Labute approximate surface area is 184 Å². The molecule has 31 heavy (non-hydrogen) atoms. The van der Waals surface area contributed by atoms with Crippen LogP contribution in [-0.2, 0) is 17.6 Å². The highest BCUT2D eigenvalue weighted by atomic mass is 16.2. The molecule has 6 rings (SSSR count). The maximum Gasteiger partial charge on any atom is 0.229 e. The average molecular weight is 423 g/mol. The van der Waals surface area contributed by atoms with E-state index in [4.69, 9.17) is 4.98 Å². The van der Waals surface area contributed by atoms with Crippen LogP contribution in [0.3, 0.4) is 0 Å². The molecule has 5 heterocycles. The molecule has 3 aliphatic heterocycles. The highest BCUT2D eigenvalue weighted by molar-refractivity contribution is 5.82. The van der Waals surface area contributed by atoms with Crippen molar-refractivity contribution in [2.75, 3.05) is 37.6 Å². The Bertz CT molecular complexity index is 964. The van der Waals surface area contributed by atoms with Crippen molar-refractivity contribution >= 4 is 17.4 Å². The fourth-order valence-electron chi connectivity index (χ4n) is 6.45. The smallest absolute Gasteiger partial charge is 0.229 e. The van der Waals surface area contributed by atoms with Crippen molar-refractivity contribution in [2.24, 2.45) is 11.8 Å². The van der Waals surface area contributed by atoms with E-state index in [1.807, 2.05) is 16.8 Å². The van der Waals surface area contributed by atoms with E-state index >= 15 is 0 Å². The molecule has 7 heteroatoms. The number of hydrogen-bond donors (Lipinski definition) is 1. The summed E-state index contributed by atoms with van der Waals surface area (Å²) >= 11 is 0. The van der Waals surface area contributed by atoms with E-state index in [1.165, 1.54) is 62.0 Å². The molecule has 0 spiro atoms. The Kier molecular flexibility index (Phi) is 5.09. The summed E-state index contributed by atoms with van der Waals surface area (Å²) in [5.41, 5.74) is 3.43. The van der Waals surface area contributed by atoms with Gasteiger partial charge in [-0.3, -0.25) is 4.79 Å². The van der Waals surface area contributed by atoms with E-state index in [-0.39, 0.29) is 5.92 Å². The molecule has 2 atom stereocenters. The van der Waals surface area contributed by atoms with Gasteiger partial charge in [0, 0.05) is 50.3 Å². The number of carbonyl (C=O) groups is 1. The van der Waals surface area contributed by atoms with E-state index in [1.54, 1.807) is 0 Å². The Morgan fingerprint density at radius 3 is 2.84 bits per heavy atom. The third-order valence-corrected chi connectivity index (χ3v) is 8.09. The number of amides is 1. The van der Waals surface area contributed by atoms with Crippen LogP contribution in [0, 0.1) is 11.8 Å². The molecule has 3 fully saturated rings. The van der Waals surface area contributed by atoms with Gasteiger partial charge in [0.25, 0.3) is 0 Å². The van der Waals surface area contributed by atoms with Gasteiger partial charge in [-0.15, -0.1) is 0 Å². The standard InChI is InChI=1S/C24H34N6O/c31-24(29-14-3-1-2-5-17-6-4-7-21(17)29)18-15-28(16-18)23-19-8-11-25-12-9-20(19)27-22-10-13-26-30(22)23/h10,13,17-18,21,25H,1-9,11-12,14-16H2. The lowest BCUT2D eigenvalue weighted by Gasteiger charge is -2.45. The molecule has 7 nitrogen and oxygen atoms in total. The molecule has 0 radical (unpaired) electrons. The minimum Gasteiger partial charge on any atom is -0.354 e. The zero-order chi connectivity index (χ0) is 20.8. The quantitative estimate of drug-likeness (QED) is 0.805. The number of nitrogens with one attached hydrogen (secondary N) is 1. The summed E-state index contributed by atoms with van der Waals surface area (Å²) in [7, 11) is 0. The van der Waals surface area contributed by atoms with Crippen molar-refractivity contribution < 1.29 is 4.79 Å². The van der Waals surface area contributed by atoms with Gasteiger partial charge >= 0.3 is 0 Å². The summed E-state index contributed by atoms with van der Waals surface area (Å²) in [5, 5.41) is 8.08. The number of likely N-dealkylation sites (tertiary alicyclic amines) is 1. The molecule has 0 bridgehead atoms. The first-order valence-corrected chi connectivity index (χ1v) is 12.4. The van der Waals surface area contributed by atoms with Gasteiger partial charge in [-0.1, -0.05) is 19.3 Å². The van der Waals surface area contributed by atoms with Crippen molar-refractivity contribution in [1.82, 2.24) is 24.8 Å². The third-order valence-electron chi connectivity index (χ3n) is 8.09. The molecular formula is C24H34N6O. The Hall–Kier alpha value is -2.15. The zero-order valence-corrected chi connectivity index (χ0v) is 18.4. The van der Waals surface area contributed by atoms with Crippen LogP contribution in [0.5, 0.6) is 0 Å². The highest BCUT2D eigenvalue weighted by Gasteiger charge is 2.42. The molecule has 1 N–H and O–H groups in total. The van der Waals surface area contributed by atoms with Gasteiger partial charge in [-0.2, -0.15) is 9.61 Å². The lowest BCUT2D eigenvalue weighted by atomic mass is 9.90. The van der Waals surface area contributed by atoms with Crippen molar-refractivity contribution in [2.45, 2.75) is 63.8 Å². The molecule has 2 saturated heterocycles. The normalized spacial score (nSPS) is 27.2. The first kappa shape index (κ1) is 19.5. The second kappa shape index (κ2) is 8.08. The summed E-state index contributed by atoms with van der Waals surface area (Å²) < 4.78 is 1.99. The Balaban J connectivity index is 1.23. The SMILES string of the molecule is O=C(C1CN(c2c3c(nc4ccnn24)CCNCC3)C1)N1CCCCCC2CCCC21. The van der Waals surface area contributed by atoms with E-state index < -0.39 is 0 Å². The molecule has 1 amide bonds. The van der Waals surface area contributed by atoms with E-state index in [9.17, 15) is 4.79 Å². The molecule has 2 aromatic rings. The lowest BCUT2D eigenvalue weighted by molar-refractivity contribution is -0.140. The van der Waals surface area contributed by atoms with Crippen LogP contribution in [0.1, 0.15) is 56.2 Å². The van der Waals surface area contributed by atoms with Crippen LogP contribution in [0.2, 0.25) is 0 Å². The van der Waals surface area contributed by atoms with Crippen molar-refractivity contribution in [1.29, 1.82) is 0 Å². The molecule has 2 unspecified atom stereocenters. The third kappa shape index (κ3) is 3.41. The Morgan fingerprint density at radius 2 is 1.90 bits per heavy atom. The maximum atomic E-state index is 13.6. The van der Waals surface area contributed by atoms with Crippen LogP contribution in [-0.4, -0.2) is 64.2 Å². The number of rotatable bonds is 2. The highest BCUT2D eigenvalue weighted by Crippen LogP contribution is 2.38. The first-order chi connectivity index (χ1) is 15.3. The zero-order valence-electron chi connectivity index (χ0n) is 18.4. The fourth-order valence-corrected chi connectivity index (χ4v) is 6.45. The average Bonchev–Trinajstić information content (AvgIpc) is 3.30. The topological polar surface area (TPSA) is 65.8 Å². The van der Waals surface area contributed by atoms with Gasteiger partial charge < -0.3 is 15.1 Å². The number of aromatic nitrogens is 3. The second-order valence-corrected chi connectivity index (χ2v) is 9.95. The molecule has 1 saturated carbocycles. The summed E-state index contributed by atoms with van der Waals surface area (Å²) in [6.45, 7) is 4.54. The monoisotopic (exact) mass is 422 g/mol. The van der Waals surface area contributed by atoms with E-state index in [2.05, 4.69) is 20.2 Å². The summed E-state index contributed by atoms with van der Waals surface area (Å²) in [6.07, 6.45) is 12.7. The molecule has 166 valence electrons. The summed E-state index contributed by atoms with van der Waals surface area (Å²) in [5.74, 6) is 2.45. The van der Waals surface area contributed by atoms with Gasteiger partial charge in [0.2, 0.25) is 5.91 Å². The summed E-state index contributed by atoms with van der Waals surface area (Å²) in [6, 6.07) is 2.49. The number of carbonyl (C=O) groups excluding carboxylic acids is 1. The fraction of sp³-hybridized carbons (Fsp3) is 0.708. The molecule has 0 aromatic carbocycles. The number of fused-ring (bicyclic) bond motifs is 3. The van der Waals surface area contributed by atoms with Gasteiger partial charge in [0.15, 0.2) is 5.65 Å². The number of hydrogen-bond acceptors (Lipinski definition) is 5. The Morgan fingerprint density at radius 1 is 1.03 bits per heavy atom. The minimum absolute atomic E-state index is 0.124. The molecule has 4 aliphatic rings.